The fourth-order valence-corrected chi connectivity index (χ4v) is 4.72. The van der Waals surface area contributed by atoms with Crippen molar-refractivity contribution in [2.75, 3.05) is 11.9 Å². The summed E-state index contributed by atoms with van der Waals surface area (Å²) in [4.78, 5) is 32.1. The lowest BCUT2D eigenvalue weighted by atomic mass is 9.90. The Morgan fingerprint density at radius 3 is 2.47 bits per heavy atom. The number of benzene rings is 3. The molecule has 6 heteroatoms. The van der Waals surface area contributed by atoms with Gasteiger partial charge >= 0.3 is 5.97 Å². The first-order valence-corrected chi connectivity index (χ1v) is 12.3. The van der Waals surface area contributed by atoms with E-state index >= 15 is 0 Å². The average molecular weight is 481 g/mol. The minimum absolute atomic E-state index is 0.450. The van der Waals surface area contributed by atoms with Crippen LogP contribution in [0.15, 0.2) is 78.9 Å². The van der Waals surface area contributed by atoms with Gasteiger partial charge in [-0.3, -0.25) is 9.78 Å². The Kier molecular flexibility index (Phi) is 6.94. The summed E-state index contributed by atoms with van der Waals surface area (Å²) < 4.78 is 11.7. The number of esters is 1. The quantitative estimate of drug-likeness (QED) is 0.326. The molecule has 1 unspecified atom stereocenters. The Morgan fingerprint density at radius 1 is 0.917 bits per heavy atom. The lowest BCUT2D eigenvalue weighted by Gasteiger charge is -2.23. The Labute approximate surface area is 210 Å². The van der Waals surface area contributed by atoms with E-state index in [0.717, 1.165) is 47.8 Å². The highest BCUT2D eigenvalue weighted by Gasteiger charge is 2.30. The van der Waals surface area contributed by atoms with Crippen LogP contribution in [0.3, 0.4) is 0 Å². The second-order valence-electron chi connectivity index (χ2n) is 8.75. The van der Waals surface area contributed by atoms with Gasteiger partial charge in [0, 0.05) is 16.6 Å². The number of aromatic nitrogens is 1. The van der Waals surface area contributed by atoms with Crippen molar-refractivity contribution in [3.63, 3.8) is 0 Å². The molecule has 4 aromatic rings. The van der Waals surface area contributed by atoms with Crippen LogP contribution in [0.25, 0.3) is 10.9 Å². The second kappa shape index (κ2) is 10.6. The number of hydrogen-bond acceptors (Lipinski definition) is 5. The smallest absolute Gasteiger partial charge is 0.340 e. The van der Waals surface area contributed by atoms with Crippen molar-refractivity contribution in [1.29, 1.82) is 0 Å². The van der Waals surface area contributed by atoms with Crippen LogP contribution in [0.2, 0.25) is 0 Å². The predicted octanol–water partition coefficient (Wildman–Crippen LogP) is 6.05. The summed E-state index contributed by atoms with van der Waals surface area (Å²) in [6.45, 7) is 2.34. The van der Waals surface area contributed by atoms with Crippen LogP contribution in [0.1, 0.15) is 53.0 Å². The highest BCUT2D eigenvalue weighted by atomic mass is 16.5. The van der Waals surface area contributed by atoms with Gasteiger partial charge in [0.2, 0.25) is 6.10 Å². The fraction of sp³-hybridized carbons (Fsp3) is 0.233. The molecule has 5 rings (SSSR count). The first kappa shape index (κ1) is 23.5. The summed E-state index contributed by atoms with van der Waals surface area (Å²) in [5.74, 6) is -0.413. The van der Waals surface area contributed by atoms with Crippen LogP contribution in [-0.2, 0) is 22.4 Å². The van der Waals surface area contributed by atoms with Crippen LogP contribution in [0.5, 0.6) is 5.75 Å². The number of aryl methyl sites for hydroxylation is 1. The van der Waals surface area contributed by atoms with Gasteiger partial charge in [0.05, 0.1) is 23.4 Å². The second-order valence-corrected chi connectivity index (χ2v) is 8.75. The Hall–Kier alpha value is -4.19. The number of amides is 1. The summed E-state index contributed by atoms with van der Waals surface area (Å²) >= 11 is 0. The zero-order chi connectivity index (χ0) is 24.9. The van der Waals surface area contributed by atoms with Crippen molar-refractivity contribution in [3.8, 4) is 5.75 Å². The van der Waals surface area contributed by atoms with Crippen LogP contribution in [0.4, 0.5) is 5.69 Å². The third kappa shape index (κ3) is 4.80. The van der Waals surface area contributed by atoms with Crippen molar-refractivity contribution >= 4 is 28.5 Å². The zero-order valence-corrected chi connectivity index (χ0v) is 20.2. The molecule has 6 nitrogen and oxygen atoms in total. The van der Waals surface area contributed by atoms with Gasteiger partial charge in [0.25, 0.3) is 5.91 Å². The summed E-state index contributed by atoms with van der Waals surface area (Å²) in [6.07, 6.45) is 2.49. The molecule has 0 spiro atoms. The Morgan fingerprint density at radius 2 is 1.64 bits per heavy atom. The van der Waals surface area contributed by atoms with E-state index in [-0.39, 0.29) is 0 Å². The number of ether oxygens (including phenoxy) is 2. The summed E-state index contributed by atoms with van der Waals surface area (Å²) in [5.41, 5.74) is 4.25. The molecule has 1 aromatic heterocycles. The Balaban J connectivity index is 1.52. The number of rotatable bonds is 7. The molecule has 1 N–H and O–H groups in total. The number of carbonyl (C=O) groups excluding carboxylic acids is 2. The van der Waals surface area contributed by atoms with Gasteiger partial charge in [0.1, 0.15) is 5.75 Å². The molecule has 0 radical (unpaired) electrons. The van der Waals surface area contributed by atoms with Gasteiger partial charge in [-0.05, 0) is 56.4 Å². The molecule has 182 valence electrons. The SMILES string of the molecule is CCOc1ccccc1NC(=O)C(OC(=O)c1c2c(nc3ccccc13)CCCC2)c1ccccc1. The van der Waals surface area contributed by atoms with Gasteiger partial charge in [-0.25, -0.2) is 4.79 Å². The molecule has 3 aromatic carbocycles. The standard InChI is InChI=1S/C30H28N2O4/c1-2-35-26-19-11-10-18-25(26)32-29(33)28(20-12-4-3-5-13-20)36-30(34)27-21-14-6-8-16-23(21)31-24-17-9-7-15-22(24)27/h3-6,8,10-14,16,18-19,28H,2,7,9,15,17H2,1H3,(H,32,33). The predicted molar refractivity (Wildman–Crippen MR) is 139 cm³/mol. The number of pyridine rings is 1. The lowest BCUT2D eigenvalue weighted by Crippen LogP contribution is -2.27. The van der Waals surface area contributed by atoms with E-state index < -0.39 is 18.0 Å². The van der Waals surface area contributed by atoms with E-state index in [4.69, 9.17) is 14.5 Å². The molecular formula is C30H28N2O4. The molecular weight excluding hydrogens is 452 g/mol. The van der Waals surface area contributed by atoms with Gasteiger partial charge in [-0.1, -0.05) is 60.7 Å². The molecule has 1 aliphatic rings. The number of para-hydroxylation sites is 3. The monoisotopic (exact) mass is 480 g/mol. The van der Waals surface area contributed by atoms with Crippen molar-refractivity contribution in [2.24, 2.45) is 0 Å². The van der Waals surface area contributed by atoms with Gasteiger partial charge in [-0.2, -0.15) is 0 Å². The molecule has 1 aliphatic carbocycles. The number of anilines is 1. The normalized spacial score (nSPS) is 13.5. The Bertz CT molecular complexity index is 1400. The number of carbonyl (C=O) groups is 2. The summed E-state index contributed by atoms with van der Waals surface area (Å²) in [7, 11) is 0. The minimum Gasteiger partial charge on any atom is -0.492 e. The first-order valence-electron chi connectivity index (χ1n) is 12.3. The van der Waals surface area contributed by atoms with Crippen molar-refractivity contribution in [2.45, 2.75) is 38.7 Å². The van der Waals surface area contributed by atoms with Crippen LogP contribution >= 0.6 is 0 Å². The highest BCUT2D eigenvalue weighted by Crippen LogP contribution is 2.32. The zero-order valence-electron chi connectivity index (χ0n) is 20.2. The molecule has 0 saturated carbocycles. The molecule has 0 bridgehead atoms. The summed E-state index contributed by atoms with van der Waals surface area (Å²) in [5, 5.41) is 3.64. The third-order valence-electron chi connectivity index (χ3n) is 6.38. The van der Waals surface area contributed by atoms with Gasteiger partial charge < -0.3 is 14.8 Å². The maximum absolute atomic E-state index is 13.8. The number of nitrogens with one attached hydrogen (secondary N) is 1. The van der Waals surface area contributed by atoms with Crippen molar-refractivity contribution in [3.05, 3.63) is 101 Å². The molecule has 1 atom stereocenters. The van der Waals surface area contributed by atoms with Crippen LogP contribution in [0, 0.1) is 0 Å². The molecule has 36 heavy (non-hydrogen) atoms. The van der Waals surface area contributed by atoms with Crippen molar-refractivity contribution in [1.82, 2.24) is 4.98 Å². The van der Waals surface area contributed by atoms with E-state index in [2.05, 4.69) is 5.32 Å². The van der Waals surface area contributed by atoms with E-state index in [1.54, 1.807) is 24.3 Å². The lowest BCUT2D eigenvalue weighted by molar-refractivity contribution is -0.125. The van der Waals surface area contributed by atoms with Crippen molar-refractivity contribution < 1.29 is 19.1 Å². The molecule has 0 fully saturated rings. The maximum Gasteiger partial charge on any atom is 0.340 e. The average Bonchev–Trinajstić information content (AvgIpc) is 2.92. The highest BCUT2D eigenvalue weighted by molar-refractivity contribution is 6.06. The maximum atomic E-state index is 13.8. The van der Waals surface area contributed by atoms with E-state index in [1.165, 1.54) is 0 Å². The van der Waals surface area contributed by atoms with E-state index in [9.17, 15) is 9.59 Å². The third-order valence-corrected chi connectivity index (χ3v) is 6.38. The molecule has 0 saturated heterocycles. The molecule has 1 amide bonds. The topological polar surface area (TPSA) is 77.5 Å². The minimum atomic E-state index is -1.14. The van der Waals surface area contributed by atoms with E-state index in [1.807, 2.05) is 61.5 Å². The first-order chi connectivity index (χ1) is 17.7. The molecule has 1 heterocycles. The number of nitrogens with zero attached hydrogens (tertiary/aromatic N) is 1. The van der Waals surface area contributed by atoms with Gasteiger partial charge in [0.15, 0.2) is 0 Å². The summed E-state index contributed by atoms with van der Waals surface area (Å²) in [6, 6.07) is 23.9. The van der Waals surface area contributed by atoms with Gasteiger partial charge in [-0.15, -0.1) is 0 Å². The van der Waals surface area contributed by atoms with E-state index in [0.29, 0.717) is 29.2 Å². The van der Waals surface area contributed by atoms with Crippen LogP contribution in [-0.4, -0.2) is 23.5 Å². The largest absolute Gasteiger partial charge is 0.492 e. The number of fused-ring (bicyclic) bond motifs is 2. The number of hydrogen-bond donors (Lipinski definition) is 1. The van der Waals surface area contributed by atoms with Crippen LogP contribution < -0.4 is 10.1 Å². The molecule has 0 aliphatic heterocycles. The fourth-order valence-electron chi connectivity index (χ4n) is 4.72.